The van der Waals surface area contributed by atoms with Crippen molar-refractivity contribution in [2.24, 2.45) is 5.73 Å². The van der Waals surface area contributed by atoms with Crippen LogP contribution < -0.4 is 15.2 Å². The van der Waals surface area contributed by atoms with Gasteiger partial charge >= 0.3 is 0 Å². The Bertz CT molecular complexity index is 948. The Labute approximate surface area is 127 Å². The largest absolute Gasteiger partial charge is 0.493 e. The molecule has 0 aliphatic carbocycles. The second-order valence-electron chi connectivity index (χ2n) is 2.99. The molecule has 1 rings (SSSR count). The molecule has 0 amide bonds. The first-order chi connectivity index (χ1) is 13.8. The van der Waals surface area contributed by atoms with E-state index in [4.69, 9.17) is 29.7 Å². The summed E-state index contributed by atoms with van der Waals surface area (Å²) in [6.45, 7) is -6.85. The first kappa shape index (κ1) is 4.38. The molecule has 0 aromatic heterocycles. The predicted octanol–water partition coefficient (Wildman–Crippen LogP) is 1.14. The SMILES string of the molecule is [2H]C([2H])([2H])Oc1ccc([C@]([2H])(N)C([2H])([2H])S(=O)(=O)C([2H])([2H])[2H])cc1OC([2H])([2H])C([2H])([2H])[2H]. The fourth-order valence-electron chi connectivity index (χ4n) is 1.10. The molecule has 0 fully saturated rings. The van der Waals surface area contributed by atoms with Crippen LogP contribution in [0.3, 0.4) is 0 Å². The third-order valence-electron chi connectivity index (χ3n) is 1.77. The van der Waals surface area contributed by atoms with Crippen LogP contribution in [0.2, 0.25) is 0 Å². The molecule has 0 heterocycles. The van der Waals surface area contributed by atoms with Crippen LogP contribution in [-0.4, -0.2) is 33.9 Å². The van der Waals surface area contributed by atoms with Crippen molar-refractivity contribution in [2.75, 3.05) is 25.5 Å². The molecule has 0 spiro atoms. The maximum atomic E-state index is 12.2. The Hall–Kier alpha value is -1.27. The van der Waals surface area contributed by atoms with Gasteiger partial charge in [-0.15, -0.1) is 0 Å². The highest BCUT2D eigenvalue weighted by atomic mass is 32.2. The summed E-state index contributed by atoms with van der Waals surface area (Å²) in [5.41, 5.74) is 0.783. The number of sulfone groups is 1. The molecule has 0 saturated carbocycles. The molecule has 1 aromatic carbocycles. The smallest absolute Gasteiger partial charge is 0.161 e. The quantitative estimate of drug-likeness (QED) is 0.849. The zero-order valence-electron chi connectivity index (χ0n) is 22.9. The standard InChI is InChI=1S/C12H19NO4S/c1-4-17-12-7-9(5-6-11(12)16-2)10(13)8-18(3,14)15/h5-7,10H,4,8,13H2,1-3H3/t10-/m1/s1/i1D3,2D3,3D3,4D2,8D2,10D. The summed E-state index contributed by atoms with van der Waals surface area (Å²) in [5.74, 6) is -1.74. The monoisotopic (exact) mass is 287 g/mol. The topological polar surface area (TPSA) is 78.6 Å². The lowest BCUT2D eigenvalue weighted by Gasteiger charge is -2.15. The maximum Gasteiger partial charge on any atom is 0.161 e. The van der Waals surface area contributed by atoms with Crippen molar-refractivity contribution in [3.63, 3.8) is 0 Å². The second-order valence-corrected chi connectivity index (χ2v) is 4.20. The van der Waals surface area contributed by atoms with E-state index in [0.717, 1.165) is 6.07 Å². The van der Waals surface area contributed by atoms with Gasteiger partial charge < -0.3 is 15.2 Å². The van der Waals surface area contributed by atoms with Gasteiger partial charge in [0, 0.05) is 23.2 Å². The molecule has 0 aliphatic rings. The molecule has 6 heteroatoms. The Morgan fingerprint density at radius 3 is 3.06 bits per heavy atom. The summed E-state index contributed by atoms with van der Waals surface area (Å²) in [6, 6.07) is -1.45. The van der Waals surface area contributed by atoms with Gasteiger partial charge in [-0.1, -0.05) is 6.07 Å². The zero-order valence-corrected chi connectivity index (χ0v) is 9.67. The van der Waals surface area contributed by atoms with Crippen LogP contribution in [0.4, 0.5) is 0 Å². The summed E-state index contributed by atoms with van der Waals surface area (Å²) in [6.07, 6.45) is -3.90. The van der Waals surface area contributed by atoms with E-state index in [1.807, 2.05) is 0 Å². The van der Waals surface area contributed by atoms with Crippen molar-refractivity contribution in [1.82, 2.24) is 0 Å². The predicted molar refractivity (Wildman–Crippen MR) is 70.8 cm³/mol. The lowest BCUT2D eigenvalue weighted by Crippen LogP contribution is -2.20. The lowest BCUT2D eigenvalue weighted by molar-refractivity contribution is 0.310. The number of ether oxygens (including phenoxy) is 2. The molecule has 2 N–H and O–H groups in total. The van der Waals surface area contributed by atoms with Gasteiger partial charge in [0.1, 0.15) is 9.84 Å². The van der Waals surface area contributed by atoms with Gasteiger partial charge in [0.25, 0.3) is 0 Å². The second kappa shape index (κ2) is 6.06. The van der Waals surface area contributed by atoms with Crippen LogP contribution in [0.25, 0.3) is 0 Å². The average molecular weight is 287 g/mol. The van der Waals surface area contributed by atoms with Crippen LogP contribution in [0, 0.1) is 0 Å². The highest BCUT2D eigenvalue weighted by Crippen LogP contribution is 2.30. The minimum atomic E-state index is -5.70. The number of rotatable bonds is 6. The minimum Gasteiger partial charge on any atom is -0.493 e. The van der Waals surface area contributed by atoms with E-state index in [9.17, 15) is 8.42 Å². The van der Waals surface area contributed by atoms with Crippen LogP contribution >= 0.6 is 0 Å². The Morgan fingerprint density at radius 2 is 2.39 bits per heavy atom. The molecule has 1 aromatic rings. The molecule has 102 valence electrons. The van der Waals surface area contributed by atoms with E-state index in [1.54, 1.807) is 0 Å². The maximum absolute atomic E-state index is 12.2. The Balaban J connectivity index is 3.72. The van der Waals surface area contributed by atoms with Gasteiger partial charge in [-0.05, 0) is 24.5 Å². The van der Waals surface area contributed by atoms with Crippen LogP contribution in [0.5, 0.6) is 11.5 Å². The number of nitrogens with two attached hydrogens (primary N) is 1. The number of hydrogen-bond acceptors (Lipinski definition) is 5. The molecule has 1 atom stereocenters. The van der Waals surface area contributed by atoms with E-state index in [-0.39, 0.29) is 0 Å². The molecule has 0 bridgehead atoms. The number of hydrogen-bond donors (Lipinski definition) is 1. The van der Waals surface area contributed by atoms with Crippen molar-refractivity contribution < 1.29 is 37.1 Å². The van der Waals surface area contributed by atoms with Gasteiger partial charge in [-0.2, -0.15) is 0 Å². The van der Waals surface area contributed by atoms with Crippen LogP contribution in [0.1, 0.15) is 37.6 Å². The van der Waals surface area contributed by atoms with Crippen molar-refractivity contribution in [3.8, 4) is 11.5 Å². The summed E-state index contributed by atoms with van der Waals surface area (Å²) < 4.78 is 136. The Kier molecular flexibility index (Phi) is 1.48. The van der Waals surface area contributed by atoms with Crippen molar-refractivity contribution in [3.05, 3.63) is 23.8 Å². The van der Waals surface area contributed by atoms with Crippen molar-refractivity contribution in [2.45, 2.75) is 12.9 Å². The van der Waals surface area contributed by atoms with Gasteiger partial charge in [0.15, 0.2) is 11.5 Å². The van der Waals surface area contributed by atoms with E-state index < -0.39 is 65.3 Å². The number of methoxy groups -OCH3 is 1. The summed E-state index contributed by atoms with van der Waals surface area (Å²) >= 11 is 0. The molecule has 0 aliphatic heterocycles. The Morgan fingerprint density at radius 1 is 1.56 bits per heavy atom. The average Bonchev–Trinajstić information content (AvgIpc) is 2.52. The third kappa shape index (κ3) is 4.19. The zero-order chi connectivity index (χ0) is 25.8. The molecule has 0 saturated heterocycles. The molecule has 0 radical (unpaired) electrons. The first-order valence-corrected chi connectivity index (χ1v) is 5.82. The van der Waals surface area contributed by atoms with Gasteiger partial charge in [0.05, 0.1) is 27.5 Å². The lowest BCUT2D eigenvalue weighted by atomic mass is 10.1. The molecular formula is C12H19NO4S. The van der Waals surface area contributed by atoms with Gasteiger partial charge in [-0.3, -0.25) is 0 Å². The van der Waals surface area contributed by atoms with Gasteiger partial charge in [0.2, 0.25) is 0 Å². The molecular weight excluding hydrogens is 254 g/mol. The molecule has 0 unspecified atom stereocenters. The fourth-order valence-corrected chi connectivity index (χ4v) is 1.51. The highest BCUT2D eigenvalue weighted by molar-refractivity contribution is 7.90. The van der Waals surface area contributed by atoms with Crippen LogP contribution in [-0.2, 0) is 9.84 Å². The normalized spacial score (nSPS) is 30.1. The molecule has 5 nitrogen and oxygen atoms in total. The van der Waals surface area contributed by atoms with E-state index in [2.05, 4.69) is 4.74 Å². The van der Waals surface area contributed by atoms with E-state index >= 15 is 0 Å². The van der Waals surface area contributed by atoms with Crippen LogP contribution in [0.15, 0.2) is 18.2 Å². The van der Waals surface area contributed by atoms with Gasteiger partial charge in [-0.25, -0.2) is 8.42 Å². The summed E-state index contributed by atoms with van der Waals surface area (Å²) in [5, 5.41) is 0. The third-order valence-corrected chi connectivity index (χ3v) is 2.26. The van der Waals surface area contributed by atoms with E-state index in [0.29, 0.717) is 12.1 Å². The number of benzene rings is 1. The highest BCUT2D eigenvalue weighted by Gasteiger charge is 2.15. The minimum absolute atomic E-state index is 0.491. The van der Waals surface area contributed by atoms with Crippen molar-refractivity contribution >= 4 is 9.84 Å². The summed E-state index contributed by atoms with van der Waals surface area (Å²) in [7, 11) is -8.83. The first-order valence-electron chi connectivity index (χ1n) is 11.3. The molecule has 18 heavy (non-hydrogen) atoms. The summed E-state index contributed by atoms with van der Waals surface area (Å²) in [4.78, 5) is 0. The van der Waals surface area contributed by atoms with Crippen molar-refractivity contribution in [1.29, 1.82) is 0 Å². The van der Waals surface area contributed by atoms with E-state index in [1.165, 1.54) is 0 Å². The fraction of sp³-hybridized carbons (Fsp3) is 0.500.